The summed E-state index contributed by atoms with van der Waals surface area (Å²) in [4.78, 5) is 22.0. The van der Waals surface area contributed by atoms with Gasteiger partial charge in [-0.05, 0) is 26.3 Å². The summed E-state index contributed by atoms with van der Waals surface area (Å²) in [7, 11) is 1.67. The highest BCUT2D eigenvalue weighted by atomic mass is 32.1. The number of hydrogen-bond acceptors (Lipinski definition) is 8. The highest BCUT2D eigenvalue weighted by molar-refractivity contribution is 7.09. The van der Waals surface area contributed by atoms with Crippen LogP contribution in [-0.2, 0) is 11.3 Å². The van der Waals surface area contributed by atoms with Crippen molar-refractivity contribution in [2.24, 2.45) is 5.73 Å². The molecule has 0 aliphatic carbocycles. The molecule has 1 fully saturated rings. The molecule has 1 aliphatic heterocycles. The van der Waals surface area contributed by atoms with Gasteiger partial charge in [-0.25, -0.2) is 4.98 Å². The van der Waals surface area contributed by atoms with Gasteiger partial charge in [0.05, 0.1) is 11.7 Å². The Balaban J connectivity index is 1.71. The van der Waals surface area contributed by atoms with Crippen molar-refractivity contribution >= 4 is 17.2 Å². The predicted octanol–water partition coefficient (Wildman–Crippen LogP) is 1.67. The third kappa shape index (κ3) is 3.41. The minimum Gasteiger partial charge on any atom is -0.375 e. The van der Waals surface area contributed by atoms with E-state index in [1.165, 1.54) is 0 Å². The fourth-order valence-corrected chi connectivity index (χ4v) is 3.50. The minimum atomic E-state index is -0.678. The van der Waals surface area contributed by atoms with Crippen LogP contribution < -0.4 is 5.73 Å². The van der Waals surface area contributed by atoms with E-state index in [9.17, 15) is 4.79 Å². The Morgan fingerprint density at radius 3 is 3.13 bits per heavy atom. The Kier molecular flexibility index (Phi) is 4.69. The van der Waals surface area contributed by atoms with Crippen LogP contribution in [0, 0.1) is 0 Å². The van der Waals surface area contributed by atoms with Crippen LogP contribution in [0.2, 0.25) is 0 Å². The van der Waals surface area contributed by atoms with Gasteiger partial charge >= 0.3 is 0 Å². The molecule has 1 amide bonds. The van der Waals surface area contributed by atoms with Crippen molar-refractivity contribution in [1.29, 1.82) is 0 Å². The van der Waals surface area contributed by atoms with Gasteiger partial charge in [0.15, 0.2) is 0 Å². The lowest BCUT2D eigenvalue weighted by Crippen LogP contribution is -2.23. The molecule has 1 saturated heterocycles. The fraction of sp³-hybridized carbons (Fsp3) is 0.571. The molecule has 2 aromatic heterocycles. The lowest BCUT2D eigenvalue weighted by molar-refractivity contribution is 0.0987. The van der Waals surface area contributed by atoms with Crippen LogP contribution in [0.5, 0.6) is 0 Å². The molecular formula is C14H19N5O3S. The second kappa shape index (κ2) is 6.73. The lowest BCUT2D eigenvalue weighted by atomic mass is 10.2. The summed E-state index contributed by atoms with van der Waals surface area (Å²) in [5, 5.41) is 6.63. The first-order valence-corrected chi connectivity index (χ1v) is 8.31. The van der Waals surface area contributed by atoms with Gasteiger partial charge in [0.1, 0.15) is 11.1 Å². The van der Waals surface area contributed by atoms with Crippen LogP contribution >= 0.6 is 11.3 Å². The minimum absolute atomic E-state index is 0.000554. The van der Waals surface area contributed by atoms with Crippen molar-refractivity contribution in [3.05, 3.63) is 27.8 Å². The molecule has 8 nitrogen and oxygen atoms in total. The van der Waals surface area contributed by atoms with Crippen LogP contribution in [0.15, 0.2) is 9.90 Å². The van der Waals surface area contributed by atoms with E-state index >= 15 is 0 Å². The molecule has 124 valence electrons. The summed E-state index contributed by atoms with van der Waals surface area (Å²) in [6.07, 6.45) is 1.94. The molecule has 1 aliphatic rings. The van der Waals surface area contributed by atoms with Crippen LogP contribution in [-0.4, -0.2) is 39.6 Å². The maximum Gasteiger partial charge on any atom is 0.290 e. The van der Waals surface area contributed by atoms with Crippen molar-refractivity contribution in [2.75, 3.05) is 13.7 Å². The summed E-state index contributed by atoms with van der Waals surface area (Å²) in [6.45, 7) is 3.60. The number of thiazole rings is 1. The molecule has 2 atom stereocenters. The van der Waals surface area contributed by atoms with E-state index in [1.807, 2.05) is 12.3 Å². The van der Waals surface area contributed by atoms with E-state index in [0.29, 0.717) is 12.4 Å². The van der Waals surface area contributed by atoms with Crippen molar-refractivity contribution in [1.82, 2.24) is 20.0 Å². The topological polar surface area (TPSA) is 107 Å². The Morgan fingerprint density at radius 1 is 1.61 bits per heavy atom. The smallest absolute Gasteiger partial charge is 0.290 e. The monoisotopic (exact) mass is 337 g/mol. The summed E-state index contributed by atoms with van der Waals surface area (Å²) in [5.74, 6) is -0.309. The van der Waals surface area contributed by atoms with Crippen molar-refractivity contribution in [3.63, 3.8) is 0 Å². The average molecular weight is 337 g/mol. The molecule has 0 unspecified atom stereocenters. The lowest BCUT2D eigenvalue weighted by Gasteiger charge is -2.20. The SMILES string of the molecule is CO[C@H](C)c1nc(CN2CCC[C@H]2c2nc(C(N)=O)no2)cs1. The number of likely N-dealkylation sites (tertiary alicyclic amines) is 1. The largest absolute Gasteiger partial charge is 0.375 e. The van der Waals surface area contributed by atoms with Gasteiger partial charge in [-0.15, -0.1) is 11.3 Å². The zero-order valence-electron chi connectivity index (χ0n) is 13.1. The Labute approximate surface area is 137 Å². The van der Waals surface area contributed by atoms with Crippen LogP contribution in [0.1, 0.15) is 59.1 Å². The quantitative estimate of drug-likeness (QED) is 0.854. The third-order valence-electron chi connectivity index (χ3n) is 3.95. The molecular weight excluding hydrogens is 318 g/mol. The number of primary amides is 1. The number of nitrogens with zero attached hydrogens (tertiary/aromatic N) is 4. The van der Waals surface area contributed by atoms with Crippen molar-refractivity contribution in [2.45, 2.75) is 38.5 Å². The number of aromatic nitrogens is 3. The molecule has 0 spiro atoms. The van der Waals surface area contributed by atoms with Gasteiger partial charge in [0.25, 0.3) is 11.7 Å². The molecule has 0 saturated carbocycles. The van der Waals surface area contributed by atoms with E-state index in [-0.39, 0.29) is 18.0 Å². The van der Waals surface area contributed by atoms with Gasteiger partial charge in [-0.1, -0.05) is 5.16 Å². The Hall–Kier alpha value is -1.84. The highest BCUT2D eigenvalue weighted by Gasteiger charge is 2.31. The normalized spacial score (nSPS) is 20.0. The molecule has 0 aromatic carbocycles. The zero-order chi connectivity index (χ0) is 16.4. The summed E-state index contributed by atoms with van der Waals surface area (Å²) in [5.41, 5.74) is 6.17. The molecule has 23 heavy (non-hydrogen) atoms. The van der Waals surface area contributed by atoms with E-state index in [0.717, 1.165) is 30.1 Å². The van der Waals surface area contributed by atoms with Crippen molar-refractivity contribution < 1.29 is 14.1 Å². The van der Waals surface area contributed by atoms with E-state index in [1.54, 1.807) is 18.4 Å². The fourth-order valence-electron chi connectivity index (χ4n) is 2.66. The maximum absolute atomic E-state index is 11.1. The summed E-state index contributed by atoms with van der Waals surface area (Å²) < 4.78 is 10.5. The van der Waals surface area contributed by atoms with Crippen LogP contribution in [0.4, 0.5) is 0 Å². The molecule has 3 rings (SSSR count). The molecule has 9 heteroatoms. The molecule has 3 heterocycles. The highest BCUT2D eigenvalue weighted by Crippen LogP contribution is 2.32. The zero-order valence-corrected chi connectivity index (χ0v) is 13.9. The average Bonchev–Trinajstić information content (AvgIpc) is 3.26. The Morgan fingerprint density at radius 2 is 2.43 bits per heavy atom. The second-order valence-electron chi connectivity index (χ2n) is 5.50. The summed E-state index contributed by atoms with van der Waals surface area (Å²) in [6, 6.07) is 0.000554. The van der Waals surface area contributed by atoms with E-state index in [4.69, 9.17) is 15.0 Å². The van der Waals surface area contributed by atoms with Gasteiger partial charge < -0.3 is 15.0 Å². The number of rotatable bonds is 6. The Bertz CT molecular complexity index is 686. The first kappa shape index (κ1) is 16.0. The third-order valence-corrected chi connectivity index (χ3v) is 5.00. The van der Waals surface area contributed by atoms with Crippen molar-refractivity contribution in [3.8, 4) is 0 Å². The maximum atomic E-state index is 11.1. The number of hydrogen-bond donors (Lipinski definition) is 1. The van der Waals surface area contributed by atoms with Gasteiger partial charge in [-0.2, -0.15) is 4.98 Å². The number of amides is 1. The number of carbonyl (C=O) groups excluding carboxylic acids is 1. The molecule has 2 aromatic rings. The molecule has 0 radical (unpaired) electrons. The second-order valence-corrected chi connectivity index (χ2v) is 6.39. The van der Waals surface area contributed by atoms with Crippen LogP contribution in [0.3, 0.4) is 0 Å². The van der Waals surface area contributed by atoms with Gasteiger partial charge in [0, 0.05) is 19.0 Å². The number of carbonyl (C=O) groups is 1. The van der Waals surface area contributed by atoms with E-state index in [2.05, 4.69) is 20.0 Å². The van der Waals surface area contributed by atoms with Gasteiger partial charge in [-0.3, -0.25) is 9.69 Å². The predicted molar refractivity (Wildman–Crippen MR) is 82.7 cm³/mol. The standard InChI is InChI=1S/C14H19N5O3S/c1-8(21-2)14-16-9(7-23-14)6-19-5-3-4-10(19)13-17-12(11(15)20)18-22-13/h7-8,10H,3-6H2,1-2H3,(H2,15,20)/t8-,10+/m1/s1. The number of nitrogens with two attached hydrogens (primary N) is 1. The first-order chi connectivity index (χ1) is 11.1. The van der Waals surface area contributed by atoms with Gasteiger partial charge in [0.2, 0.25) is 5.89 Å². The number of methoxy groups -OCH3 is 1. The molecule has 2 N–H and O–H groups in total. The molecule has 0 bridgehead atoms. The first-order valence-electron chi connectivity index (χ1n) is 7.43. The van der Waals surface area contributed by atoms with E-state index < -0.39 is 5.91 Å². The summed E-state index contributed by atoms with van der Waals surface area (Å²) >= 11 is 1.60. The number of ether oxygens (including phenoxy) is 1. The van der Waals surface area contributed by atoms with Crippen LogP contribution in [0.25, 0.3) is 0 Å².